The summed E-state index contributed by atoms with van der Waals surface area (Å²) in [5.41, 5.74) is 0.765. The number of phenols is 1. The zero-order chi connectivity index (χ0) is 23.3. The quantitative estimate of drug-likeness (QED) is 0.397. The van der Waals surface area contributed by atoms with Crippen LogP contribution in [-0.2, 0) is 4.74 Å². The summed E-state index contributed by atoms with van der Waals surface area (Å²) < 4.78 is 21.8. The molecule has 0 aliphatic carbocycles. The Hall–Kier alpha value is -3.84. The van der Waals surface area contributed by atoms with E-state index in [4.69, 9.17) is 18.9 Å². The Bertz CT molecular complexity index is 1090. The van der Waals surface area contributed by atoms with Crippen LogP contribution in [0.25, 0.3) is 0 Å². The largest absolute Gasteiger partial charge is 0.508 e. The molecule has 7 nitrogen and oxygen atoms in total. The van der Waals surface area contributed by atoms with Gasteiger partial charge in [0.1, 0.15) is 23.0 Å². The predicted molar refractivity (Wildman–Crippen MR) is 120 cm³/mol. The molecule has 4 rings (SSSR count). The smallest absolute Gasteiger partial charge is 0.343 e. The van der Waals surface area contributed by atoms with Crippen molar-refractivity contribution in [3.8, 4) is 23.0 Å². The summed E-state index contributed by atoms with van der Waals surface area (Å²) in [7, 11) is 0. The molecular formula is C26H24O7. The van der Waals surface area contributed by atoms with Gasteiger partial charge in [-0.05, 0) is 79.2 Å². The van der Waals surface area contributed by atoms with Gasteiger partial charge in [-0.3, -0.25) is 0 Å². The van der Waals surface area contributed by atoms with Crippen LogP contribution in [0, 0.1) is 5.41 Å². The molecule has 1 N–H and O–H groups in total. The van der Waals surface area contributed by atoms with Crippen molar-refractivity contribution in [1.29, 1.82) is 0 Å². The number of hydrogen-bond donors (Lipinski definition) is 1. The molecule has 1 saturated heterocycles. The first kappa shape index (κ1) is 22.4. The van der Waals surface area contributed by atoms with Crippen LogP contribution in [-0.4, -0.2) is 36.9 Å². The molecule has 1 aliphatic heterocycles. The summed E-state index contributed by atoms with van der Waals surface area (Å²) in [6.07, 6.45) is 0.991. The Balaban J connectivity index is 1.30. The standard InChI is InChI=1S/C26H24O7/c1-2-26(15-30-16-26)17-31-21-9-3-18(4-10-21)24(28)32-22-11-5-19(6-12-22)25(29)33-23-13-7-20(27)8-14-23/h3-14,27H,2,15-17H2,1H3. The fourth-order valence-electron chi connectivity index (χ4n) is 3.21. The zero-order valence-corrected chi connectivity index (χ0v) is 18.2. The Morgan fingerprint density at radius 2 is 1.24 bits per heavy atom. The van der Waals surface area contributed by atoms with Gasteiger partial charge in [-0.25, -0.2) is 9.59 Å². The van der Waals surface area contributed by atoms with E-state index in [-0.39, 0.29) is 11.2 Å². The molecule has 0 aromatic heterocycles. The van der Waals surface area contributed by atoms with Gasteiger partial charge in [0.05, 0.1) is 36.4 Å². The second-order valence-electron chi connectivity index (χ2n) is 7.96. The van der Waals surface area contributed by atoms with Crippen LogP contribution >= 0.6 is 0 Å². The Labute approximate surface area is 191 Å². The minimum atomic E-state index is -0.563. The summed E-state index contributed by atoms with van der Waals surface area (Å²) in [5.74, 6) is 0.299. The minimum Gasteiger partial charge on any atom is -0.508 e. The van der Waals surface area contributed by atoms with Crippen LogP contribution in [0.4, 0.5) is 0 Å². The van der Waals surface area contributed by atoms with Gasteiger partial charge in [0.2, 0.25) is 0 Å². The van der Waals surface area contributed by atoms with Crippen LogP contribution < -0.4 is 14.2 Å². The molecule has 170 valence electrons. The van der Waals surface area contributed by atoms with Crippen LogP contribution in [0.1, 0.15) is 34.1 Å². The molecule has 0 spiro atoms. The molecule has 1 aliphatic rings. The maximum atomic E-state index is 12.4. The summed E-state index contributed by atoms with van der Waals surface area (Å²) >= 11 is 0. The lowest BCUT2D eigenvalue weighted by Crippen LogP contribution is -2.46. The average molecular weight is 448 g/mol. The summed E-state index contributed by atoms with van der Waals surface area (Å²) in [6.45, 7) is 4.12. The molecule has 3 aromatic carbocycles. The first-order valence-corrected chi connectivity index (χ1v) is 10.6. The van der Waals surface area contributed by atoms with E-state index in [1.807, 2.05) is 0 Å². The van der Waals surface area contributed by atoms with Crippen molar-refractivity contribution >= 4 is 11.9 Å². The number of aromatic hydroxyl groups is 1. The van der Waals surface area contributed by atoms with Crippen molar-refractivity contribution < 1.29 is 33.6 Å². The summed E-state index contributed by atoms with van der Waals surface area (Å²) in [4.78, 5) is 24.7. The van der Waals surface area contributed by atoms with Crippen molar-refractivity contribution in [3.05, 3.63) is 83.9 Å². The van der Waals surface area contributed by atoms with Gasteiger partial charge >= 0.3 is 11.9 Å². The second-order valence-corrected chi connectivity index (χ2v) is 7.96. The maximum absolute atomic E-state index is 12.4. The first-order valence-electron chi connectivity index (χ1n) is 10.6. The Kier molecular flexibility index (Phi) is 6.60. The van der Waals surface area contributed by atoms with Gasteiger partial charge in [0.15, 0.2) is 0 Å². The van der Waals surface area contributed by atoms with Crippen molar-refractivity contribution in [1.82, 2.24) is 0 Å². The average Bonchev–Trinajstić information content (AvgIpc) is 2.81. The van der Waals surface area contributed by atoms with E-state index in [0.29, 0.717) is 48.2 Å². The topological polar surface area (TPSA) is 91.3 Å². The maximum Gasteiger partial charge on any atom is 0.343 e. The molecule has 3 aromatic rings. The number of carbonyl (C=O) groups is 2. The zero-order valence-electron chi connectivity index (χ0n) is 18.2. The SMILES string of the molecule is CCC1(COc2ccc(C(=O)Oc3ccc(C(=O)Oc4ccc(O)cc4)cc3)cc2)COC1. The molecule has 0 radical (unpaired) electrons. The molecule has 33 heavy (non-hydrogen) atoms. The molecule has 0 unspecified atom stereocenters. The highest BCUT2D eigenvalue weighted by Gasteiger charge is 2.37. The molecule has 0 saturated carbocycles. The highest BCUT2D eigenvalue weighted by atomic mass is 16.5. The highest BCUT2D eigenvalue weighted by molar-refractivity contribution is 5.92. The third-order valence-electron chi connectivity index (χ3n) is 5.55. The van der Waals surface area contributed by atoms with Gasteiger partial charge in [-0.1, -0.05) is 6.92 Å². The third-order valence-corrected chi connectivity index (χ3v) is 5.55. The Morgan fingerprint density at radius 3 is 1.67 bits per heavy atom. The van der Waals surface area contributed by atoms with Crippen molar-refractivity contribution in [2.45, 2.75) is 13.3 Å². The van der Waals surface area contributed by atoms with Crippen LogP contribution in [0.3, 0.4) is 0 Å². The van der Waals surface area contributed by atoms with E-state index in [2.05, 4.69) is 6.92 Å². The van der Waals surface area contributed by atoms with E-state index >= 15 is 0 Å². The van der Waals surface area contributed by atoms with E-state index in [1.165, 1.54) is 48.5 Å². The van der Waals surface area contributed by atoms with Crippen molar-refractivity contribution in [3.63, 3.8) is 0 Å². The Morgan fingerprint density at radius 1 is 0.788 bits per heavy atom. The molecule has 7 heteroatoms. The van der Waals surface area contributed by atoms with Crippen LogP contribution in [0.5, 0.6) is 23.0 Å². The molecule has 0 atom stereocenters. The monoisotopic (exact) mass is 448 g/mol. The van der Waals surface area contributed by atoms with Crippen LogP contribution in [0.15, 0.2) is 72.8 Å². The van der Waals surface area contributed by atoms with Gasteiger partial charge in [-0.15, -0.1) is 0 Å². The fraction of sp³-hybridized carbons (Fsp3) is 0.231. The third kappa shape index (κ3) is 5.51. The van der Waals surface area contributed by atoms with Gasteiger partial charge < -0.3 is 24.1 Å². The molecule has 0 amide bonds. The van der Waals surface area contributed by atoms with Crippen molar-refractivity contribution in [2.75, 3.05) is 19.8 Å². The highest BCUT2D eigenvalue weighted by Crippen LogP contribution is 2.32. The van der Waals surface area contributed by atoms with E-state index in [1.54, 1.807) is 24.3 Å². The fourth-order valence-corrected chi connectivity index (χ4v) is 3.21. The van der Waals surface area contributed by atoms with Crippen LogP contribution in [0.2, 0.25) is 0 Å². The number of hydrogen-bond acceptors (Lipinski definition) is 7. The van der Waals surface area contributed by atoms with E-state index < -0.39 is 11.9 Å². The van der Waals surface area contributed by atoms with Gasteiger partial charge in [-0.2, -0.15) is 0 Å². The van der Waals surface area contributed by atoms with Gasteiger partial charge in [0, 0.05) is 0 Å². The minimum absolute atomic E-state index is 0.0804. The van der Waals surface area contributed by atoms with Crippen molar-refractivity contribution in [2.24, 2.45) is 5.41 Å². The summed E-state index contributed by atoms with van der Waals surface area (Å²) in [5, 5.41) is 9.29. The molecular weight excluding hydrogens is 424 g/mol. The van der Waals surface area contributed by atoms with E-state index in [0.717, 1.165) is 6.42 Å². The normalized spacial score (nSPS) is 14.1. The lowest BCUT2D eigenvalue weighted by Gasteiger charge is -2.40. The number of ether oxygens (including phenoxy) is 4. The summed E-state index contributed by atoms with van der Waals surface area (Å²) in [6, 6.07) is 18.7. The predicted octanol–water partition coefficient (Wildman–Crippen LogP) is 4.64. The number of benzene rings is 3. The number of rotatable bonds is 8. The molecule has 1 heterocycles. The first-order chi connectivity index (χ1) is 16.0. The lowest BCUT2D eigenvalue weighted by molar-refractivity contribution is -0.133. The van der Waals surface area contributed by atoms with E-state index in [9.17, 15) is 14.7 Å². The number of phenolic OH excluding ortho intramolecular Hbond substituents is 1. The second kappa shape index (κ2) is 9.75. The number of carbonyl (C=O) groups excluding carboxylic acids is 2. The molecule has 0 bridgehead atoms. The number of esters is 2. The van der Waals surface area contributed by atoms with Gasteiger partial charge in [0.25, 0.3) is 0 Å². The lowest BCUT2D eigenvalue weighted by atomic mass is 9.84. The molecule has 1 fully saturated rings.